The predicted molar refractivity (Wildman–Crippen MR) is 117 cm³/mol. The summed E-state index contributed by atoms with van der Waals surface area (Å²) < 4.78 is 0. The van der Waals surface area contributed by atoms with E-state index >= 15 is 0 Å². The Bertz CT molecular complexity index is 1070. The topological polar surface area (TPSA) is 0 Å². The Hall–Kier alpha value is -1.57. The molecule has 5 rings (SSSR count). The van der Waals surface area contributed by atoms with Crippen molar-refractivity contribution in [3.63, 3.8) is 0 Å². The second-order valence-corrected chi connectivity index (χ2v) is 9.34. The van der Waals surface area contributed by atoms with E-state index in [-0.39, 0.29) is 51.0 Å². The van der Waals surface area contributed by atoms with Gasteiger partial charge >= 0.3 is 26.2 Å². The summed E-state index contributed by atoms with van der Waals surface area (Å²) in [6, 6.07) is 30.4. The molecule has 3 aromatic rings. The van der Waals surface area contributed by atoms with Crippen LogP contribution >= 0.6 is 0 Å². The molecule has 0 spiro atoms. The Morgan fingerprint density at radius 2 is 1.20 bits per heavy atom. The summed E-state index contributed by atoms with van der Waals surface area (Å²) in [7, 11) is -1.04. The molecule has 3 aromatic carbocycles. The summed E-state index contributed by atoms with van der Waals surface area (Å²) >= 11 is 0. The first-order valence-corrected chi connectivity index (χ1v) is 10.8. The fourth-order valence-electron chi connectivity index (χ4n) is 3.95. The number of halogens is 2. The van der Waals surface area contributed by atoms with Crippen molar-refractivity contribution in [2.24, 2.45) is 0 Å². The summed E-state index contributed by atoms with van der Waals surface area (Å²) in [6.07, 6.45) is 12.9. The van der Waals surface area contributed by atoms with Gasteiger partial charge in [-0.05, 0) is 21.5 Å². The normalized spacial score (nSPS) is 15.4. The monoisotopic (exact) mass is 519 g/mol. The van der Waals surface area contributed by atoms with Crippen molar-refractivity contribution < 1.29 is 51.0 Å². The maximum absolute atomic E-state index is 3.79. The average Bonchev–Trinajstić information content (AvgIpc) is 3.37. The molecule has 0 bridgehead atoms. The van der Waals surface area contributed by atoms with E-state index in [9.17, 15) is 0 Å². The van der Waals surface area contributed by atoms with Crippen molar-refractivity contribution in [1.29, 1.82) is 0 Å². The van der Waals surface area contributed by atoms with E-state index in [0.29, 0.717) is 5.92 Å². The predicted octanol–water partition coefficient (Wildman–Crippen LogP) is -1.83. The number of hydrogen-bond acceptors (Lipinski definition) is 0. The quantitative estimate of drug-likeness (QED) is 0.281. The van der Waals surface area contributed by atoms with E-state index < -0.39 is 8.41 Å². The molecular weight excluding hydrogens is 503 g/mol. The van der Waals surface area contributed by atoms with Gasteiger partial charge in [-0.2, -0.15) is 16.8 Å². The summed E-state index contributed by atoms with van der Waals surface area (Å²) in [5.41, 5.74) is 4.00. The fraction of sp³-hybridized carbons (Fsp3) is 0.0385. The van der Waals surface area contributed by atoms with Crippen molar-refractivity contribution in [3.05, 3.63) is 126 Å². The Kier molecular flexibility index (Phi) is 9.19. The third kappa shape index (κ3) is 4.84. The number of fused-ring (bicyclic) bond motifs is 1. The Balaban J connectivity index is 0.00000107. The summed E-state index contributed by atoms with van der Waals surface area (Å²) in [5.74, 6) is 0.324. The van der Waals surface area contributed by atoms with E-state index in [1.165, 1.54) is 32.2 Å². The molecule has 1 atom stereocenters. The van der Waals surface area contributed by atoms with Crippen LogP contribution in [0.3, 0.4) is 0 Å². The third-order valence-electron chi connectivity index (χ3n) is 5.24. The number of hydrogen-bond donors (Lipinski definition) is 0. The van der Waals surface area contributed by atoms with Crippen LogP contribution in [0.1, 0.15) is 17.0 Å². The Labute approximate surface area is 211 Å². The molecule has 0 aliphatic heterocycles. The second kappa shape index (κ2) is 11.2. The minimum atomic E-state index is -1.04. The Morgan fingerprint density at radius 3 is 1.83 bits per heavy atom. The van der Waals surface area contributed by atoms with Crippen molar-refractivity contribution in [1.82, 2.24) is 0 Å². The maximum atomic E-state index is 3.79. The molecule has 0 aromatic heterocycles. The largest absolute Gasteiger partial charge is 3.00 e. The summed E-state index contributed by atoms with van der Waals surface area (Å²) in [5, 5.41) is 4.15. The van der Waals surface area contributed by atoms with Crippen molar-refractivity contribution >= 4 is 30.0 Å². The van der Waals surface area contributed by atoms with Crippen molar-refractivity contribution in [2.75, 3.05) is 0 Å². The maximum Gasteiger partial charge on any atom is 3.00 e. The fourth-order valence-corrected chi connectivity index (χ4v) is 6.47. The van der Waals surface area contributed by atoms with E-state index in [4.69, 9.17) is 0 Å². The first kappa shape index (κ1) is 24.7. The van der Waals surface area contributed by atoms with Gasteiger partial charge in [0.1, 0.15) is 0 Å². The molecule has 0 saturated carbocycles. The van der Waals surface area contributed by atoms with Crippen LogP contribution in [-0.2, 0) is 26.2 Å². The molecule has 0 saturated heterocycles. The number of rotatable bonds is 3. The molecule has 1 radical (unpaired) electrons. The molecular formula is C26H19Cl2SiZr. The molecule has 0 amide bonds. The third-order valence-corrected chi connectivity index (χ3v) is 7.89. The smallest absolute Gasteiger partial charge is 1.00 e. The molecule has 0 heterocycles. The van der Waals surface area contributed by atoms with Gasteiger partial charge in [0.25, 0.3) is 0 Å². The average molecular weight is 522 g/mol. The van der Waals surface area contributed by atoms with Crippen LogP contribution in [0, 0.1) is 6.08 Å². The SMILES string of the molecule is [C-]1=C(C2C=Cc3ccccc32)C=CC1=[Si](c1ccccc1)c1ccccc1.[Cl-].[Cl-].[Zr+3]. The van der Waals surface area contributed by atoms with Gasteiger partial charge in [0.15, 0.2) is 0 Å². The molecule has 0 nitrogen and oxygen atoms in total. The van der Waals surface area contributed by atoms with Crippen LogP contribution in [0.25, 0.3) is 6.08 Å². The van der Waals surface area contributed by atoms with E-state index in [1.54, 1.807) is 0 Å². The van der Waals surface area contributed by atoms with Crippen LogP contribution in [0.5, 0.6) is 0 Å². The van der Waals surface area contributed by atoms with E-state index in [0.717, 1.165) is 0 Å². The van der Waals surface area contributed by atoms with Gasteiger partial charge in [0.2, 0.25) is 0 Å². The molecule has 0 N–H and O–H groups in total. The minimum absolute atomic E-state index is 0. The molecule has 30 heavy (non-hydrogen) atoms. The van der Waals surface area contributed by atoms with Crippen molar-refractivity contribution in [3.8, 4) is 0 Å². The number of allylic oxidation sites excluding steroid dienone is 5. The van der Waals surface area contributed by atoms with E-state index in [2.05, 4.69) is 115 Å². The molecule has 4 heteroatoms. The van der Waals surface area contributed by atoms with Gasteiger partial charge in [-0.25, -0.2) is 12.2 Å². The van der Waals surface area contributed by atoms with Gasteiger partial charge in [0.05, 0.1) is 8.41 Å². The van der Waals surface area contributed by atoms with Crippen LogP contribution in [0.2, 0.25) is 0 Å². The molecule has 145 valence electrons. The molecule has 2 aliphatic rings. The van der Waals surface area contributed by atoms with E-state index in [1.807, 2.05) is 0 Å². The first-order chi connectivity index (χ1) is 13.4. The van der Waals surface area contributed by atoms with Crippen LogP contribution in [0.4, 0.5) is 0 Å². The first-order valence-electron chi connectivity index (χ1n) is 9.34. The Morgan fingerprint density at radius 1 is 0.633 bits per heavy atom. The van der Waals surface area contributed by atoms with Gasteiger partial charge in [-0.3, -0.25) is 0 Å². The summed E-state index contributed by atoms with van der Waals surface area (Å²) in [4.78, 5) is 0. The minimum Gasteiger partial charge on any atom is -1.00 e. The van der Waals surface area contributed by atoms with Crippen LogP contribution in [-0.4, -0.2) is 13.6 Å². The van der Waals surface area contributed by atoms with Crippen LogP contribution < -0.4 is 35.2 Å². The zero-order valence-electron chi connectivity index (χ0n) is 16.2. The van der Waals surface area contributed by atoms with Gasteiger partial charge in [-0.1, -0.05) is 97.1 Å². The van der Waals surface area contributed by atoms with Crippen molar-refractivity contribution in [2.45, 2.75) is 5.92 Å². The number of benzene rings is 3. The van der Waals surface area contributed by atoms with Gasteiger partial charge < -0.3 is 24.8 Å². The second-order valence-electron chi connectivity index (χ2n) is 6.90. The summed E-state index contributed by atoms with van der Waals surface area (Å²) in [6.45, 7) is 0. The molecule has 2 aliphatic carbocycles. The van der Waals surface area contributed by atoms with Crippen LogP contribution in [0.15, 0.2) is 109 Å². The zero-order valence-corrected chi connectivity index (χ0v) is 21.2. The standard InChI is InChI=1S/C26H19Si.2ClH.Zr/c1-3-10-22(11-4-1)27(23-12-5-2-6-13-23)24-17-15-21(19-24)26-18-16-20-9-7-8-14-25(20)26;;;/h1-18,26H;2*1H;/q-1;;;+3/p-2. The molecule has 0 fully saturated rings. The molecule has 1 unspecified atom stereocenters. The van der Waals surface area contributed by atoms with Gasteiger partial charge in [0, 0.05) is 5.92 Å². The van der Waals surface area contributed by atoms with Gasteiger partial charge in [-0.15, -0.1) is 0 Å². The zero-order chi connectivity index (χ0) is 18.1.